The lowest BCUT2D eigenvalue weighted by molar-refractivity contribution is 0.704. The number of nitrogens with zero attached hydrogens (tertiary/aromatic N) is 4. The van der Waals surface area contributed by atoms with Gasteiger partial charge in [-0.05, 0) is 68.7 Å². The highest BCUT2D eigenvalue weighted by atomic mass is 35.5. The molecule has 3 aromatic heterocycles. The minimum atomic E-state index is 0.547. The zero-order chi connectivity index (χ0) is 20.5. The number of nitrogens with one attached hydrogen (secondary N) is 1. The van der Waals surface area contributed by atoms with Crippen LogP contribution in [0.3, 0.4) is 0 Å². The lowest BCUT2D eigenvalue weighted by atomic mass is 10.1. The molecule has 0 amide bonds. The van der Waals surface area contributed by atoms with E-state index in [1.54, 1.807) is 6.20 Å². The van der Waals surface area contributed by atoms with Crippen LogP contribution in [0.25, 0.3) is 22.4 Å². The van der Waals surface area contributed by atoms with E-state index in [0.717, 1.165) is 46.8 Å². The minimum Gasteiger partial charge on any atom is -0.338 e. The van der Waals surface area contributed by atoms with Gasteiger partial charge in [-0.2, -0.15) is 0 Å². The average Bonchev–Trinajstić information content (AvgIpc) is 3.03. The predicted octanol–water partition coefficient (Wildman–Crippen LogP) is 6.23. The lowest BCUT2D eigenvalue weighted by Crippen LogP contribution is -2.01. The number of hydrogen-bond donors (Lipinski definition) is 1. The number of anilines is 2. The highest BCUT2D eigenvalue weighted by Gasteiger charge is 2.15. The molecule has 0 bridgehead atoms. The number of pyridine rings is 2. The zero-order valence-electron chi connectivity index (χ0n) is 17.1. The summed E-state index contributed by atoms with van der Waals surface area (Å²) >= 11 is 6.56. The number of hydrogen-bond acceptors (Lipinski definition) is 4. The Labute approximate surface area is 175 Å². The largest absolute Gasteiger partial charge is 0.338 e. The van der Waals surface area contributed by atoms with E-state index in [9.17, 15) is 0 Å². The summed E-state index contributed by atoms with van der Waals surface area (Å²) in [6.07, 6.45) is 4.61. The SMILES string of the molecule is CCCn1c(-c2cnc(Nc3ccc(C)nc3)c(Cl)c2)nc2cc(C)c(C)cc21. The van der Waals surface area contributed by atoms with Gasteiger partial charge >= 0.3 is 0 Å². The first-order chi connectivity index (χ1) is 14.0. The molecule has 148 valence electrons. The fraction of sp³-hybridized carbons (Fsp3) is 0.261. The van der Waals surface area contributed by atoms with Crippen LogP contribution in [0.15, 0.2) is 42.7 Å². The molecule has 0 aliphatic heterocycles. The van der Waals surface area contributed by atoms with E-state index in [0.29, 0.717) is 10.8 Å². The van der Waals surface area contributed by atoms with E-state index in [4.69, 9.17) is 16.6 Å². The Hall–Kier alpha value is -2.92. The van der Waals surface area contributed by atoms with Gasteiger partial charge in [-0.1, -0.05) is 18.5 Å². The molecule has 0 atom stereocenters. The van der Waals surface area contributed by atoms with Gasteiger partial charge in [0.2, 0.25) is 0 Å². The number of fused-ring (bicyclic) bond motifs is 1. The van der Waals surface area contributed by atoms with Crippen molar-refractivity contribution in [2.24, 2.45) is 0 Å². The van der Waals surface area contributed by atoms with Crippen molar-refractivity contribution in [1.29, 1.82) is 0 Å². The molecule has 6 heteroatoms. The first-order valence-electron chi connectivity index (χ1n) is 9.79. The van der Waals surface area contributed by atoms with Crippen molar-refractivity contribution in [2.75, 3.05) is 5.32 Å². The van der Waals surface area contributed by atoms with Gasteiger partial charge < -0.3 is 9.88 Å². The van der Waals surface area contributed by atoms with Crippen LogP contribution in [0, 0.1) is 20.8 Å². The number of benzene rings is 1. The Morgan fingerprint density at radius 1 is 1.00 bits per heavy atom. The van der Waals surface area contributed by atoms with Crippen LogP contribution in [0.2, 0.25) is 5.02 Å². The van der Waals surface area contributed by atoms with Gasteiger partial charge in [0.15, 0.2) is 0 Å². The molecule has 5 nitrogen and oxygen atoms in total. The molecule has 4 rings (SSSR count). The molecule has 3 heterocycles. The molecule has 0 fully saturated rings. The lowest BCUT2D eigenvalue weighted by Gasteiger charge is -2.11. The average molecular weight is 406 g/mol. The molecule has 1 N–H and O–H groups in total. The molecule has 0 unspecified atom stereocenters. The summed E-state index contributed by atoms with van der Waals surface area (Å²) in [5, 5.41) is 3.77. The maximum absolute atomic E-state index is 6.56. The summed E-state index contributed by atoms with van der Waals surface area (Å²) in [5.41, 5.74) is 7.38. The Kier molecular flexibility index (Phi) is 5.24. The van der Waals surface area contributed by atoms with Crippen LogP contribution in [0.5, 0.6) is 0 Å². The molecule has 0 aliphatic carbocycles. The predicted molar refractivity (Wildman–Crippen MR) is 120 cm³/mol. The van der Waals surface area contributed by atoms with Gasteiger partial charge in [0.05, 0.1) is 27.9 Å². The van der Waals surface area contributed by atoms with E-state index in [1.807, 2.05) is 31.3 Å². The summed E-state index contributed by atoms with van der Waals surface area (Å²) < 4.78 is 2.26. The number of aryl methyl sites for hydroxylation is 4. The third-order valence-electron chi connectivity index (χ3n) is 5.08. The quantitative estimate of drug-likeness (QED) is 0.427. The molecule has 0 radical (unpaired) electrons. The van der Waals surface area contributed by atoms with Crippen LogP contribution >= 0.6 is 11.6 Å². The van der Waals surface area contributed by atoms with Crippen LogP contribution in [-0.2, 0) is 6.54 Å². The third-order valence-corrected chi connectivity index (χ3v) is 5.37. The van der Waals surface area contributed by atoms with Gasteiger partial charge in [0.1, 0.15) is 11.6 Å². The molecular formula is C23H24ClN5. The highest BCUT2D eigenvalue weighted by molar-refractivity contribution is 6.33. The maximum Gasteiger partial charge on any atom is 0.149 e. The van der Waals surface area contributed by atoms with Crippen molar-refractivity contribution in [2.45, 2.75) is 40.7 Å². The molecule has 1 aromatic carbocycles. The highest BCUT2D eigenvalue weighted by Crippen LogP contribution is 2.31. The second kappa shape index (κ2) is 7.84. The molecule has 29 heavy (non-hydrogen) atoms. The van der Waals surface area contributed by atoms with Gasteiger partial charge in [0.25, 0.3) is 0 Å². The van der Waals surface area contributed by atoms with Crippen molar-refractivity contribution in [3.05, 3.63) is 64.6 Å². The first-order valence-corrected chi connectivity index (χ1v) is 10.2. The second-order valence-corrected chi connectivity index (χ2v) is 7.79. The van der Waals surface area contributed by atoms with Crippen LogP contribution in [0.1, 0.15) is 30.2 Å². The van der Waals surface area contributed by atoms with Gasteiger partial charge in [-0.25, -0.2) is 9.97 Å². The second-order valence-electron chi connectivity index (χ2n) is 7.38. The normalized spacial score (nSPS) is 11.2. The summed E-state index contributed by atoms with van der Waals surface area (Å²) in [5.74, 6) is 1.50. The Morgan fingerprint density at radius 2 is 1.79 bits per heavy atom. The first kappa shape index (κ1) is 19.4. The van der Waals surface area contributed by atoms with E-state index in [-0.39, 0.29) is 0 Å². The van der Waals surface area contributed by atoms with Crippen molar-refractivity contribution >= 4 is 34.1 Å². The summed E-state index contributed by atoms with van der Waals surface area (Å²) in [7, 11) is 0. The molecule has 0 spiro atoms. The monoisotopic (exact) mass is 405 g/mol. The van der Waals surface area contributed by atoms with Crippen LogP contribution < -0.4 is 5.32 Å². The molecule has 0 saturated heterocycles. The maximum atomic E-state index is 6.56. The smallest absolute Gasteiger partial charge is 0.149 e. The van der Waals surface area contributed by atoms with Crippen LogP contribution in [-0.4, -0.2) is 19.5 Å². The van der Waals surface area contributed by atoms with Crippen molar-refractivity contribution < 1.29 is 0 Å². The Morgan fingerprint density at radius 3 is 2.48 bits per heavy atom. The minimum absolute atomic E-state index is 0.547. The third kappa shape index (κ3) is 3.83. The van der Waals surface area contributed by atoms with Crippen molar-refractivity contribution in [3.8, 4) is 11.4 Å². The number of rotatable bonds is 5. The van der Waals surface area contributed by atoms with Gasteiger partial charge in [-0.15, -0.1) is 0 Å². The Balaban J connectivity index is 1.74. The van der Waals surface area contributed by atoms with Gasteiger partial charge in [-0.3, -0.25) is 4.98 Å². The van der Waals surface area contributed by atoms with E-state index in [1.165, 1.54) is 11.1 Å². The Bertz CT molecular complexity index is 1180. The fourth-order valence-corrected chi connectivity index (χ4v) is 3.59. The van der Waals surface area contributed by atoms with Gasteiger partial charge in [0, 0.05) is 24.0 Å². The van der Waals surface area contributed by atoms with Crippen LogP contribution in [0.4, 0.5) is 11.5 Å². The van der Waals surface area contributed by atoms with Crippen molar-refractivity contribution in [3.63, 3.8) is 0 Å². The van der Waals surface area contributed by atoms with E-state index in [2.05, 4.69) is 52.8 Å². The molecule has 0 saturated carbocycles. The zero-order valence-corrected chi connectivity index (χ0v) is 17.9. The molecular weight excluding hydrogens is 382 g/mol. The number of halogens is 1. The summed E-state index contributed by atoms with van der Waals surface area (Å²) in [6.45, 7) is 9.27. The number of imidazole rings is 1. The summed E-state index contributed by atoms with van der Waals surface area (Å²) in [4.78, 5) is 13.8. The standard InChI is InChI=1S/C23H24ClN5/c1-5-8-29-21-10-15(3)14(2)9-20(21)28-23(29)17-11-19(24)22(26-12-17)27-18-7-6-16(4)25-13-18/h6-7,9-13H,5,8H2,1-4H3,(H,26,27). The fourth-order valence-electron chi connectivity index (χ4n) is 3.38. The molecule has 0 aliphatic rings. The summed E-state index contributed by atoms with van der Waals surface area (Å²) in [6, 6.07) is 10.2. The topological polar surface area (TPSA) is 55.6 Å². The molecule has 4 aromatic rings. The van der Waals surface area contributed by atoms with E-state index < -0.39 is 0 Å². The van der Waals surface area contributed by atoms with E-state index >= 15 is 0 Å². The van der Waals surface area contributed by atoms with Crippen molar-refractivity contribution in [1.82, 2.24) is 19.5 Å². The number of aromatic nitrogens is 4.